The van der Waals surface area contributed by atoms with Gasteiger partial charge in [0.25, 0.3) is 0 Å². The van der Waals surface area contributed by atoms with Crippen molar-refractivity contribution in [1.82, 2.24) is 6.15 Å². The SMILES string of the molecule is CC(=O)[O-].CC(=O)[O-].[Ce].[NH4+]. The maximum absolute atomic E-state index is 8.89. The number of carboxylic acids is 2. The first-order chi connectivity index (χ1) is 3.46. The molecule has 0 saturated heterocycles. The second-order valence-corrected chi connectivity index (χ2v) is 0.983. The first-order valence-corrected chi connectivity index (χ1v) is 1.82. The molecule has 6 heteroatoms. The predicted molar refractivity (Wildman–Crippen MR) is 27.3 cm³/mol. The molecule has 0 saturated carbocycles. The smallest absolute Gasteiger partial charge is 0.0383 e. The van der Waals surface area contributed by atoms with Crippen molar-refractivity contribution in [2.75, 3.05) is 0 Å². The maximum Gasteiger partial charge on any atom is 0.0383 e. The first-order valence-electron chi connectivity index (χ1n) is 1.82. The molecule has 4 N–H and O–H groups in total. The Bertz CT molecular complexity index is 75.3. The molecule has 10 heavy (non-hydrogen) atoms. The molecule has 0 aromatic rings. The second kappa shape index (κ2) is 16.1. The molecule has 0 bridgehead atoms. The van der Waals surface area contributed by atoms with Crippen LogP contribution < -0.4 is 16.4 Å². The summed E-state index contributed by atoms with van der Waals surface area (Å²) in [6.07, 6.45) is 0. The van der Waals surface area contributed by atoms with Crippen LogP contribution in [0.15, 0.2) is 0 Å². The Hall–Kier alpha value is 0.277. The van der Waals surface area contributed by atoms with Crippen molar-refractivity contribution in [3.8, 4) is 0 Å². The van der Waals surface area contributed by atoms with Gasteiger partial charge in [0.2, 0.25) is 0 Å². The van der Waals surface area contributed by atoms with Crippen LogP contribution in [0.3, 0.4) is 0 Å². The average molecular weight is 276 g/mol. The van der Waals surface area contributed by atoms with E-state index in [0.717, 1.165) is 13.8 Å². The van der Waals surface area contributed by atoms with Crippen LogP contribution in [0.2, 0.25) is 0 Å². The van der Waals surface area contributed by atoms with E-state index in [1.807, 2.05) is 0 Å². The molecule has 0 amide bonds. The summed E-state index contributed by atoms with van der Waals surface area (Å²) in [5.41, 5.74) is 0. The Morgan fingerprint density at radius 3 is 1.00 bits per heavy atom. The Balaban J connectivity index is -0.0000000300. The number of quaternary nitrogens is 1. The van der Waals surface area contributed by atoms with Crippen LogP contribution >= 0.6 is 0 Å². The largest absolute Gasteiger partial charge is 0.550 e. The van der Waals surface area contributed by atoms with Crippen LogP contribution in [0.5, 0.6) is 0 Å². The van der Waals surface area contributed by atoms with Gasteiger partial charge in [-0.25, -0.2) is 0 Å². The van der Waals surface area contributed by atoms with E-state index >= 15 is 0 Å². The van der Waals surface area contributed by atoms with E-state index in [0.29, 0.717) is 0 Å². The molecule has 0 aromatic carbocycles. The monoisotopic (exact) mass is 276 g/mol. The molecule has 0 rings (SSSR count). The summed E-state index contributed by atoms with van der Waals surface area (Å²) < 4.78 is 0. The number of carbonyl (C=O) groups excluding carboxylic acids is 2. The third kappa shape index (κ3) is 5730. The zero-order valence-electron chi connectivity index (χ0n) is 6.13. The summed E-state index contributed by atoms with van der Waals surface area (Å²) >= 11 is 0. The summed E-state index contributed by atoms with van der Waals surface area (Å²) in [6, 6.07) is 0. The van der Waals surface area contributed by atoms with Crippen molar-refractivity contribution in [2.45, 2.75) is 13.8 Å². The first kappa shape index (κ1) is 22.4. The van der Waals surface area contributed by atoms with E-state index in [1.165, 1.54) is 0 Å². The fourth-order valence-electron chi connectivity index (χ4n) is 0. The molecule has 0 aliphatic heterocycles. The van der Waals surface area contributed by atoms with E-state index < -0.39 is 11.9 Å². The second-order valence-electron chi connectivity index (χ2n) is 0.983. The summed E-state index contributed by atoms with van der Waals surface area (Å²) in [5.74, 6) is -2.17. The zero-order valence-corrected chi connectivity index (χ0v) is 9.27. The number of carboxylic acid groups (broad SMARTS) is 2. The van der Waals surface area contributed by atoms with Gasteiger partial charge in [-0.05, 0) is 13.8 Å². The van der Waals surface area contributed by atoms with Gasteiger partial charge >= 0.3 is 0 Å². The van der Waals surface area contributed by atoms with E-state index in [9.17, 15) is 0 Å². The van der Waals surface area contributed by atoms with Crippen LogP contribution in [0.1, 0.15) is 13.8 Å². The van der Waals surface area contributed by atoms with E-state index in [-0.39, 0.29) is 47.9 Å². The van der Waals surface area contributed by atoms with Crippen molar-refractivity contribution in [1.29, 1.82) is 0 Å². The number of rotatable bonds is 0. The quantitative estimate of drug-likeness (QED) is 0.544. The van der Waals surface area contributed by atoms with Crippen LogP contribution in [0.4, 0.5) is 0 Å². The summed E-state index contributed by atoms with van der Waals surface area (Å²) in [7, 11) is 0. The molecule has 0 heterocycles. The molecule has 0 aromatic heterocycles. The van der Waals surface area contributed by atoms with Gasteiger partial charge in [-0.2, -0.15) is 0 Å². The Morgan fingerprint density at radius 2 is 1.00 bits per heavy atom. The molecule has 0 atom stereocenters. The normalized spacial score (nSPS) is 5.00. The van der Waals surface area contributed by atoms with Gasteiger partial charge in [-0.15, -0.1) is 0 Å². The van der Waals surface area contributed by atoms with Gasteiger partial charge in [0.1, 0.15) is 0 Å². The summed E-state index contributed by atoms with van der Waals surface area (Å²) in [4.78, 5) is 17.8. The van der Waals surface area contributed by atoms with Crippen molar-refractivity contribution in [3.05, 3.63) is 0 Å². The standard InChI is InChI=1S/2C2H4O2.Ce.H3N/c2*1-2(3)4;;/h2*1H3,(H,3,4);;1H3/p-1. The Kier molecular flexibility index (Phi) is 36.2. The van der Waals surface area contributed by atoms with E-state index in [1.54, 1.807) is 0 Å². The third-order valence-corrected chi connectivity index (χ3v) is 0. The number of aliphatic carboxylic acids is 2. The topological polar surface area (TPSA) is 117 Å². The minimum atomic E-state index is -1.08. The molecule has 0 spiro atoms. The summed E-state index contributed by atoms with van der Waals surface area (Å²) in [6.45, 7) is 1.94. The number of carbonyl (C=O) groups is 2. The van der Waals surface area contributed by atoms with Crippen LogP contribution in [-0.2, 0) is 9.59 Å². The molecule has 0 aliphatic rings. The van der Waals surface area contributed by atoms with Gasteiger partial charge in [0.05, 0.1) is 0 Å². The van der Waals surface area contributed by atoms with Crippen molar-refractivity contribution >= 4 is 11.9 Å². The molecule has 0 unspecified atom stereocenters. The Labute approximate surface area is 92.8 Å². The van der Waals surface area contributed by atoms with Gasteiger partial charge in [-0.3, -0.25) is 0 Å². The average Bonchev–Trinajstić information content (AvgIpc) is 1.25. The van der Waals surface area contributed by atoms with E-state index in [2.05, 4.69) is 0 Å². The van der Waals surface area contributed by atoms with Crippen LogP contribution in [0.25, 0.3) is 0 Å². The van der Waals surface area contributed by atoms with Gasteiger partial charge < -0.3 is 26.0 Å². The molecule has 0 aliphatic carbocycles. The van der Waals surface area contributed by atoms with Crippen LogP contribution in [0, 0.1) is 41.7 Å². The van der Waals surface area contributed by atoms with Gasteiger partial charge in [0, 0.05) is 53.7 Å². The molecule has 60 valence electrons. The molecular formula is C4H10CeNO4-. The Morgan fingerprint density at radius 1 is 1.00 bits per heavy atom. The number of hydrogen-bond donors (Lipinski definition) is 1. The zero-order chi connectivity index (χ0) is 7.15. The predicted octanol–water partition coefficient (Wildman–Crippen LogP) is -2.11. The number of hydrogen-bond acceptors (Lipinski definition) is 4. The van der Waals surface area contributed by atoms with E-state index in [4.69, 9.17) is 19.8 Å². The molecule has 5 nitrogen and oxygen atoms in total. The van der Waals surface area contributed by atoms with Crippen molar-refractivity contribution in [2.24, 2.45) is 0 Å². The molecular weight excluding hydrogens is 266 g/mol. The molecule has 0 radical (unpaired) electrons. The van der Waals surface area contributed by atoms with Crippen molar-refractivity contribution in [3.63, 3.8) is 0 Å². The van der Waals surface area contributed by atoms with Crippen LogP contribution in [-0.4, -0.2) is 11.9 Å². The maximum atomic E-state index is 8.89. The summed E-state index contributed by atoms with van der Waals surface area (Å²) in [5, 5.41) is 17.8. The third-order valence-electron chi connectivity index (χ3n) is 0. The minimum Gasteiger partial charge on any atom is -0.550 e. The van der Waals surface area contributed by atoms with Crippen molar-refractivity contribution < 1.29 is 61.5 Å². The fraction of sp³-hybridized carbons (Fsp3) is 0.500. The fourth-order valence-corrected chi connectivity index (χ4v) is 0. The minimum absolute atomic E-state index is 0. The van der Waals surface area contributed by atoms with Gasteiger partial charge in [0.15, 0.2) is 0 Å². The molecule has 0 fully saturated rings. The van der Waals surface area contributed by atoms with Gasteiger partial charge in [-0.1, -0.05) is 0 Å².